The molecule has 1 nitrogen and oxygen atoms in total. The van der Waals surface area contributed by atoms with Crippen molar-refractivity contribution < 1.29 is 4.43 Å². The fourth-order valence-corrected chi connectivity index (χ4v) is 5.04. The summed E-state index contributed by atoms with van der Waals surface area (Å²) in [7, 11) is -0.758. The van der Waals surface area contributed by atoms with Crippen molar-refractivity contribution in [1.29, 1.82) is 0 Å². The molecule has 0 aliphatic heterocycles. The zero-order chi connectivity index (χ0) is 16.8. The highest BCUT2D eigenvalue weighted by atomic mass is 28.2. The van der Waals surface area contributed by atoms with Gasteiger partial charge in [-0.25, -0.2) is 0 Å². The van der Waals surface area contributed by atoms with Crippen molar-refractivity contribution in [1.82, 2.24) is 0 Å². The van der Waals surface area contributed by atoms with E-state index in [4.69, 9.17) is 4.43 Å². The molecule has 0 aliphatic carbocycles. The van der Waals surface area contributed by atoms with Gasteiger partial charge in [-0.2, -0.15) is 0 Å². The van der Waals surface area contributed by atoms with E-state index in [1.54, 1.807) is 0 Å². The van der Waals surface area contributed by atoms with Crippen LogP contribution in [0.2, 0.25) is 0 Å². The minimum Gasteiger partial charge on any atom is -0.419 e. The normalized spacial score (nSPS) is 11.5. The van der Waals surface area contributed by atoms with Crippen LogP contribution in [0, 0.1) is 13.8 Å². The molecule has 24 heavy (non-hydrogen) atoms. The Bertz CT molecular complexity index is 737. The Morgan fingerprint density at radius 1 is 0.708 bits per heavy atom. The van der Waals surface area contributed by atoms with E-state index in [0.717, 1.165) is 0 Å². The van der Waals surface area contributed by atoms with Gasteiger partial charge in [-0.15, -0.1) is 0 Å². The molecule has 0 saturated carbocycles. The van der Waals surface area contributed by atoms with Crippen LogP contribution in [-0.4, -0.2) is 9.76 Å². The van der Waals surface area contributed by atoms with E-state index in [1.165, 1.54) is 27.8 Å². The molecule has 0 amide bonds. The maximum Gasteiger partial charge on any atom is 0.173 e. The van der Waals surface area contributed by atoms with Crippen LogP contribution in [-0.2, 0) is 11.0 Å². The van der Waals surface area contributed by atoms with Gasteiger partial charge in [0.1, 0.15) is 0 Å². The first-order valence-corrected chi connectivity index (χ1v) is 9.88. The molecule has 0 saturated heterocycles. The third-order valence-electron chi connectivity index (χ3n) is 4.52. The molecule has 0 unspecified atom stereocenters. The highest BCUT2D eigenvalue weighted by molar-refractivity contribution is 6.31. The summed E-state index contributed by atoms with van der Waals surface area (Å²) in [5, 5.41) is 0. The van der Waals surface area contributed by atoms with E-state index in [1.807, 2.05) is 6.07 Å². The zero-order valence-electron chi connectivity index (χ0n) is 14.4. The maximum atomic E-state index is 6.24. The van der Waals surface area contributed by atoms with Gasteiger partial charge in [-0.3, -0.25) is 0 Å². The number of hydrogen-bond acceptors (Lipinski definition) is 1. The Hall–Kier alpha value is -2.16. The summed E-state index contributed by atoms with van der Waals surface area (Å²) in [6, 6.07) is 27.9. The number of benzene rings is 3. The fourth-order valence-electron chi connectivity index (χ4n) is 3.17. The summed E-state index contributed by atoms with van der Waals surface area (Å²) >= 11 is 0. The van der Waals surface area contributed by atoms with Gasteiger partial charge in [-0.05, 0) is 41.7 Å². The summed E-state index contributed by atoms with van der Waals surface area (Å²) in [5.74, 6) is 0. The van der Waals surface area contributed by atoms with Crippen molar-refractivity contribution in [2.75, 3.05) is 0 Å². The Morgan fingerprint density at radius 2 is 1.21 bits per heavy atom. The second-order valence-electron chi connectivity index (χ2n) is 6.27. The van der Waals surface area contributed by atoms with Crippen molar-refractivity contribution in [3.63, 3.8) is 0 Å². The van der Waals surface area contributed by atoms with Crippen molar-refractivity contribution in [2.45, 2.75) is 26.0 Å². The van der Waals surface area contributed by atoms with Crippen molar-refractivity contribution in [3.8, 4) is 0 Å². The van der Waals surface area contributed by atoms with Gasteiger partial charge in [0.2, 0.25) is 0 Å². The van der Waals surface area contributed by atoms with Gasteiger partial charge >= 0.3 is 0 Å². The third-order valence-corrected chi connectivity index (χ3v) is 6.18. The van der Waals surface area contributed by atoms with Crippen LogP contribution in [0.4, 0.5) is 0 Å². The summed E-state index contributed by atoms with van der Waals surface area (Å²) in [6.07, 6.45) is 0. The van der Waals surface area contributed by atoms with Crippen LogP contribution in [0.1, 0.15) is 33.4 Å². The second kappa shape index (κ2) is 8.09. The lowest BCUT2D eigenvalue weighted by Crippen LogP contribution is -2.16. The lowest BCUT2D eigenvalue weighted by atomic mass is 9.97. The molecule has 3 rings (SSSR count). The molecule has 3 aromatic carbocycles. The molecule has 0 bridgehead atoms. The quantitative estimate of drug-likeness (QED) is 0.595. The highest BCUT2D eigenvalue weighted by Gasteiger charge is 2.18. The molecule has 0 spiro atoms. The predicted octanol–water partition coefficient (Wildman–Crippen LogP) is 4.69. The molecular formula is C22H24OSi. The van der Waals surface area contributed by atoms with Gasteiger partial charge in [-0.1, -0.05) is 78.9 Å². The van der Waals surface area contributed by atoms with Crippen molar-refractivity contribution in [2.24, 2.45) is 0 Å². The van der Waals surface area contributed by atoms with Gasteiger partial charge in [0, 0.05) is 5.54 Å². The molecule has 0 heterocycles. The summed E-state index contributed by atoms with van der Waals surface area (Å²) in [4.78, 5) is 0. The van der Waals surface area contributed by atoms with E-state index < -0.39 is 9.76 Å². The van der Waals surface area contributed by atoms with Gasteiger partial charge in [0.05, 0.1) is 6.61 Å². The Morgan fingerprint density at radius 3 is 1.75 bits per heavy atom. The average molecular weight is 333 g/mol. The molecule has 3 aromatic rings. The number of rotatable bonds is 6. The first-order valence-electron chi connectivity index (χ1n) is 8.48. The molecule has 0 radical (unpaired) electrons. The zero-order valence-corrected chi connectivity index (χ0v) is 15.8. The van der Waals surface area contributed by atoms with E-state index in [-0.39, 0.29) is 0 Å². The van der Waals surface area contributed by atoms with E-state index >= 15 is 0 Å². The largest absolute Gasteiger partial charge is 0.419 e. The minimum absolute atomic E-state index is 0.399. The molecule has 0 aliphatic rings. The Labute approximate surface area is 147 Å². The predicted molar refractivity (Wildman–Crippen MR) is 104 cm³/mol. The Kier molecular flexibility index (Phi) is 5.62. The average Bonchev–Trinajstić information content (AvgIpc) is 2.61. The van der Waals surface area contributed by atoms with Gasteiger partial charge < -0.3 is 4.43 Å². The van der Waals surface area contributed by atoms with E-state index in [0.29, 0.717) is 12.1 Å². The number of aryl methyl sites for hydroxylation is 2. The third kappa shape index (κ3) is 4.02. The summed E-state index contributed by atoms with van der Waals surface area (Å²) < 4.78 is 6.24. The summed E-state index contributed by atoms with van der Waals surface area (Å²) in [5.41, 5.74) is 7.16. The lowest BCUT2D eigenvalue weighted by Gasteiger charge is -2.21. The van der Waals surface area contributed by atoms with Crippen LogP contribution in [0.5, 0.6) is 0 Å². The first kappa shape index (κ1) is 16.7. The number of hydrogen-bond donors (Lipinski definition) is 0. The standard InChI is InChI=1S/C22H24OSi/c1-17-10-6-8-14-20(17)22(21-15-9-7-11-18(21)2)24-23-16-19-12-4-3-5-13-19/h3-15,22H,16,24H2,1-2H3. The Balaban J connectivity index is 1.83. The molecular weight excluding hydrogens is 308 g/mol. The molecule has 0 fully saturated rings. The summed E-state index contributed by atoms with van der Waals surface area (Å²) in [6.45, 7) is 5.11. The fraction of sp³-hybridized carbons (Fsp3) is 0.182. The van der Waals surface area contributed by atoms with E-state index in [9.17, 15) is 0 Å². The molecule has 2 heteroatoms. The molecule has 122 valence electrons. The van der Waals surface area contributed by atoms with Crippen LogP contribution in [0.25, 0.3) is 0 Å². The lowest BCUT2D eigenvalue weighted by molar-refractivity contribution is 0.320. The molecule has 0 N–H and O–H groups in total. The SMILES string of the molecule is Cc1ccccc1C([SiH2]OCc1ccccc1)c1ccccc1C. The highest BCUT2D eigenvalue weighted by Crippen LogP contribution is 2.28. The van der Waals surface area contributed by atoms with Crippen LogP contribution < -0.4 is 0 Å². The van der Waals surface area contributed by atoms with Gasteiger partial charge in [0.25, 0.3) is 0 Å². The first-order chi connectivity index (χ1) is 11.8. The van der Waals surface area contributed by atoms with Crippen molar-refractivity contribution >= 4 is 9.76 Å². The van der Waals surface area contributed by atoms with Gasteiger partial charge in [0.15, 0.2) is 9.76 Å². The van der Waals surface area contributed by atoms with E-state index in [2.05, 4.69) is 86.6 Å². The minimum atomic E-state index is -0.758. The second-order valence-corrected chi connectivity index (χ2v) is 7.82. The molecule has 0 atom stereocenters. The maximum absolute atomic E-state index is 6.24. The smallest absolute Gasteiger partial charge is 0.173 e. The topological polar surface area (TPSA) is 9.23 Å². The van der Waals surface area contributed by atoms with Crippen LogP contribution in [0.15, 0.2) is 78.9 Å². The van der Waals surface area contributed by atoms with Crippen LogP contribution >= 0.6 is 0 Å². The monoisotopic (exact) mass is 332 g/mol. The van der Waals surface area contributed by atoms with Crippen molar-refractivity contribution in [3.05, 3.63) is 107 Å². The molecule has 0 aromatic heterocycles. The van der Waals surface area contributed by atoms with Crippen LogP contribution in [0.3, 0.4) is 0 Å².